The number of amides is 1. The molecule has 1 N–H and O–H groups in total. The minimum Gasteiger partial charge on any atom is -0.460 e. The van der Waals surface area contributed by atoms with Crippen molar-refractivity contribution < 1.29 is 14.3 Å². The van der Waals surface area contributed by atoms with Gasteiger partial charge in [0.1, 0.15) is 6.61 Å². The van der Waals surface area contributed by atoms with E-state index in [9.17, 15) is 4.79 Å². The van der Waals surface area contributed by atoms with Gasteiger partial charge in [-0.05, 0) is 57.2 Å². The largest absolute Gasteiger partial charge is 0.460 e. The van der Waals surface area contributed by atoms with Gasteiger partial charge in [-0.2, -0.15) is 4.98 Å². The Morgan fingerprint density at radius 2 is 1.53 bits per heavy atom. The summed E-state index contributed by atoms with van der Waals surface area (Å²) >= 11 is 0. The van der Waals surface area contributed by atoms with Gasteiger partial charge in [0.15, 0.2) is 5.82 Å². The Hall–Kier alpha value is -3.97. The van der Waals surface area contributed by atoms with E-state index in [4.69, 9.17) is 9.47 Å². The van der Waals surface area contributed by atoms with E-state index in [0.717, 1.165) is 22.4 Å². The zero-order valence-corrected chi connectivity index (χ0v) is 19.6. The molecule has 4 aromatic rings. The van der Waals surface area contributed by atoms with Crippen LogP contribution in [0.2, 0.25) is 0 Å². The van der Waals surface area contributed by atoms with Gasteiger partial charge in [-0.25, -0.2) is 4.68 Å². The smallest absolute Gasteiger partial charge is 0.336 e. The molecule has 3 aromatic carbocycles. The average Bonchev–Trinajstić information content (AvgIpc) is 3.27. The third-order valence-electron chi connectivity index (χ3n) is 5.24. The molecule has 0 saturated carbocycles. The molecule has 0 aliphatic carbocycles. The van der Waals surface area contributed by atoms with Crippen LogP contribution in [0.1, 0.15) is 28.4 Å². The maximum atomic E-state index is 12.5. The van der Waals surface area contributed by atoms with Crippen molar-refractivity contribution in [2.45, 2.75) is 20.8 Å². The molecule has 1 aromatic heterocycles. The predicted molar refractivity (Wildman–Crippen MR) is 133 cm³/mol. The molecule has 7 heteroatoms. The molecule has 0 fully saturated rings. The lowest BCUT2D eigenvalue weighted by atomic mass is 10.1. The highest BCUT2D eigenvalue weighted by molar-refractivity contribution is 6.04. The molecule has 4 rings (SSSR count). The van der Waals surface area contributed by atoms with Crippen LogP contribution in [-0.4, -0.2) is 40.5 Å². The number of aromatic nitrogens is 3. The van der Waals surface area contributed by atoms with Gasteiger partial charge in [-0.3, -0.25) is 4.79 Å². The summed E-state index contributed by atoms with van der Waals surface area (Å²) in [4.78, 5) is 17.1. The third kappa shape index (κ3) is 5.68. The normalized spacial score (nSPS) is 10.8. The standard InChI is InChI=1S/C27H28N4O3/c1-4-33-17-18-34-27-29-25(21-9-5-19(2)6-10-21)31(30-27)24-15-13-23(14-16-24)28-26(32)22-11-7-20(3)8-12-22/h5-16H,4,17-18H2,1-3H3,(H,28,32). The number of nitrogens with zero attached hydrogens (tertiary/aromatic N) is 3. The van der Waals surface area contributed by atoms with Crippen molar-refractivity contribution in [3.05, 3.63) is 89.5 Å². The molecule has 1 amide bonds. The second kappa shape index (κ2) is 10.8. The summed E-state index contributed by atoms with van der Waals surface area (Å²) in [5.74, 6) is 0.515. The van der Waals surface area contributed by atoms with Gasteiger partial charge >= 0.3 is 6.01 Å². The summed E-state index contributed by atoms with van der Waals surface area (Å²) < 4.78 is 12.8. The van der Waals surface area contributed by atoms with E-state index in [1.807, 2.05) is 93.6 Å². The van der Waals surface area contributed by atoms with Crippen LogP contribution in [-0.2, 0) is 4.74 Å². The van der Waals surface area contributed by atoms with Crippen molar-refractivity contribution in [3.8, 4) is 23.1 Å². The fourth-order valence-corrected chi connectivity index (χ4v) is 3.35. The van der Waals surface area contributed by atoms with Crippen molar-refractivity contribution in [1.82, 2.24) is 14.8 Å². The molecular formula is C27H28N4O3. The summed E-state index contributed by atoms with van der Waals surface area (Å²) in [6, 6.07) is 23.3. The number of anilines is 1. The summed E-state index contributed by atoms with van der Waals surface area (Å²) in [6.45, 7) is 7.45. The first-order valence-electron chi connectivity index (χ1n) is 11.3. The minimum atomic E-state index is -0.154. The van der Waals surface area contributed by atoms with Crippen LogP contribution in [0.15, 0.2) is 72.8 Å². The van der Waals surface area contributed by atoms with E-state index in [-0.39, 0.29) is 11.9 Å². The number of carbonyl (C=O) groups excluding carboxylic acids is 1. The quantitative estimate of drug-likeness (QED) is 0.350. The number of ether oxygens (including phenoxy) is 2. The number of nitrogens with one attached hydrogen (secondary N) is 1. The number of hydrogen-bond donors (Lipinski definition) is 1. The van der Waals surface area contributed by atoms with E-state index < -0.39 is 0 Å². The van der Waals surface area contributed by atoms with Crippen molar-refractivity contribution in [2.75, 3.05) is 25.1 Å². The van der Waals surface area contributed by atoms with Crippen molar-refractivity contribution in [2.24, 2.45) is 0 Å². The Morgan fingerprint density at radius 1 is 0.882 bits per heavy atom. The van der Waals surface area contributed by atoms with E-state index in [2.05, 4.69) is 15.4 Å². The fraction of sp³-hybridized carbons (Fsp3) is 0.222. The Kier molecular flexibility index (Phi) is 7.34. The van der Waals surface area contributed by atoms with Crippen LogP contribution in [0.25, 0.3) is 17.1 Å². The molecule has 0 bridgehead atoms. The van der Waals surface area contributed by atoms with E-state index >= 15 is 0 Å². The lowest BCUT2D eigenvalue weighted by Crippen LogP contribution is -2.11. The molecule has 0 saturated heterocycles. The molecule has 0 spiro atoms. The lowest BCUT2D eigenvalue weighted by Gasteiger charge is -2.09. The van der Waals surface area contributed by atoms with Crippen molar-refractivity contribution >= 4 is 11.6 Å². The highest BCUT2D eigenvalue weighted by atomic mass is 16.5. The number of aryl methyl sites for hydroxylation is 2. The molecule has 0 unspecified atom stereocenters. The third-order valence-corrected chi connectivity index (χ3v) is 5.24. The second-order valence-corrected chi connectivity index (χ2v) is 7.91. The first-order valence-corrected chi connectivity index (χ1v) is 11.3. The van der Waals surface area contributed by atoms with Crippen molar-refractivity contribution in [1.29, 1.82) is 0 Å². The first-order chi connectivity index (χ1) is 16.5. The average molecular weight is 457 g/mol. The number of hydrogen-bond acceptors (Lipinski definition) is 5. The maximum absolute atomic E-state index is 12.5. The van der Waals surface area contributed by atoms with Crippen LogP contribution in [0, 0.1) is 13.8 Å². The molecular weight excluding hydrogens is 428 g/mol. The molecule has 0 aliphatic heterocycles. The van der Waals surface area contributed by atoms with Crippen LogP contribution < -0.4 is 10.1 Å². The molecule has 0 radical (unpaired) electrons. The zero-order chi connectivity index (χ0) is 23.9. The SMILES string of the molecule is CCOCCOc1nc(-c2ccc(C)cc2)n(-c2ccc(NC(=O)c3ccc(C)cc3)cc2)n1. The van der Waals surface area contributed by atoms with E-state index in [1.54, 1.807) is 4.68 Å². The lowest BCUT2D eigenvalue weighted by molar-refractivity contribution is 0.102. The molecule has 174 valence electrons. The van der Waals surface area contributed by atoms with Gasteiger partial charge in [0.25, 0.3) is 5.91 Å². The summed E-state index contributed by atoms with van der Waals surface area (Å²) in [6.07, 6.45) is 0. The summed E-state index contributed by atoms with van der Waals surface area (Å²) in [7, 11) is 0. The van der Waals surface area contributed by atoms with Gasteiger partial charge in [-0.1, -0.05) is 47.5 Å². The number of rotatable bonds is 9. The van der Waals surface area contributed by atoms with Crippen LogP contribution in [0.4, 0.5) is 5.69 Å². The summed E-state index contributed by atoms with van der Waals surface area (Å²) in [5, 5.41) is 7.49. The molecule has 1 heterocycles. The Morgan fingerprint density at radius 3 is 2.18 bits per heavy atom. The summed E-state index contributed by atoms with van der Waals surface area (Å²) in [5.41, 5.74) is 5.31. The Labute approximate surface area is 199 Å². The van der Waals surface area contributed by atoms with E-state index in [1.165, 1.54) is 0 Å². The van der Waals surface area contributed by atoms with Gasteiger partial charge < -0.3 is 14.8 Å². The zero-order valence-electron chi connectivity index (χ0n) is 19.6. The Balaban J connectivity index is 1.56. The molecule has 0 aliphatic rings. The van der Waals surface area contributed by atoms with Crippen LogP contribution in [0.5, 0.6) is 6.01 Å². The van der Waals surface area contributed by atoms with Gasteiger partial charge in [0.05, 0.1) is 12.3 Å². The highest BCUT2D eigenvalue weighted by Gasteiger charge is 2.15. The fourth-order valence-electron chi connectivity index (χ4n) is 3.35. The molecule has 0 atom stereocenters. The second-order valence-electron chi connectivity index (χ2n) is 7.91. The van der Waals surface area contributed by atoms with Crippen molar-refractivity contribution in [3.63, 3.8) is 0 Å². The van der Waals surface area contributed by atoms with Gasteiger partial charge in [0.2, 0.25) is 0 Å². The first kappa shape index (κ1) is 23.2. The van der Waals surface area contributed by atoms with Crippen LogP contribution >= 0.6 is 0 Å². The van der Waals surface area contributed by atoms with Crippen LogP contribution in [0.3, 0.4) is 0 Å². The predicted octanol–water partition coefficient (Wildman–Crippen LogP) is 5.22. The highest BCUT2D eigenvalue weighted by Crippen LogP contribution is 2.25. The minimum absolute atomic E-state index is 0.154. The molecule has 7 nitrogen and oxygen atoms in total. The monoisotopic (exact) mass is 456 g/mol. The molecule has 34 heavy (non-hydrogen) atoms. The van der Waals surface area contributed by atoms with Gasteiger partial charge in [0, 0.05) is 23.4 Å². The topological polar surface area (TPSA) is 78.3 Å². The maximum Gasteiger partial charge on any atom is 0.336 e. The number of benzene rings is 3. The Bertz CT molecular complexity index is 1230. The number of carbonyl (C=O) groups is 1. The van der Waals surface area contributed by atoms with E-state index in [0.29, 0.717) is 36.9 Å². The van der Waals surface area contributed by atoms with Gasteiger partial charge in [-0.15, -0.1) is 5.10 Å².